The van der Waals surface area contributed by atoms with Crippen LogP contribution in [0.3, 0.4) is 0 Å². The van der Waals surface area contributed by atoms with Gasteiger partial charge >= 0.3 is 12.0 Å². The van der Waals surface area contributed by atoms with Crippen LogP contribution >= 0.6 is 0 Å². The van der Waals surface area contributed by atoms with Crippen molar-refractivity contribution >= 4 is 17.7 Å². The monoisotopic (exact) mass is 282 g/mol. The van der Waals surface area contributed by atoms with Gasteiger partial charge in [0.2, 0.25) is 0 Å². The molecule has 0 bridgehead atoms. The van der Waals surface area contributed by atoms with Gasteiger partial charge in [0, 0.05) is 24.8 Å². The lowest BCUT2D eigenvalue weighted by molar-refractivity contribution is 0.0693. The van der Waals surface area contributed by atoms with Crippen LogP contribution in [0.2, 0.25) is 0 Å². The molecule has 0 aliphatic heterocycles. The number of benzene rings is 1. The van der Waals surface area contributed by atoms with Crippen LogP contribution in [0.5, 0.6) is 5.75 Å². The SMILES string of the molecule is CCN(CCO)C(=O)Nc1ccc(C(=O)O)c(OC)c1. The van der Waals surface area contributed by atoms with Gasteiger partial charge in [0.15, 0.2) is 0 Å². The summed E-state index contributed by atoms with van der Waals surface area (Å²) >= 11 is 0. The first-order valence-corrected chi connectivity index (χ1v) is 6.11. The van der Waals surface area contributed by atoms with Gasteiger partial charge in [-0.2, -0.15) is 0 Å². The summed E-state index contributed by atoms with van der Waals surface area (Å²) in [5.74, 6) is -0.935. The number of methoxy groups -OCH3 is 1. The molecule has 7 nitrogen and oxygen atoms in total. The highest BCUT2D eigenvalue weighted by molar-refractivity contribution is 5.94. The van der Waals surface area contributed by atoms with E-state index < -0.39 is 5.97 Å². The first-order chi connectivity index (χ1) is 9.53. The van der Waals surface area contributed by atoms with Crippen LogP contribution in [0, 0.1) is 0 Å². The van der Waals surface area contributed by atoms with Gasteiger partial charge in [-0.15, -0.1) is 0 Å². The van der Waals surface area contributed by atoms with Crippen molar-refractivity contribution in [2.75, 3.05) is 32.1 Å². The predicted molar refractivity (Wildman–Crippen MR) is 73.3 cm³/mol. The zero-order valence-electron chi connectivity index (χ0n) is 11.4. The maximum Gasteiger partial charge on any atom is 0.339 e. The third-order valence-corrected chi connectivity index (χ3v) is 2.72. The molecule has 0 radical (unpaired) electrons. The summed E-state index contributed by atoms with van der Waals surface area (Å²) in [6.07, 6.45) is 0. The van der Waals surface area contributed by atoms with Crippen molar-refractivity contribution in [3.05, 3.63) is 23.8 Å². The smallest absolute Gasteiger partial charge is 0.339 e. The van der Waals surface area contributed by atoms with Crippen molar-refractivity contribution in [2.24, 2.45) is 0 Å². The number of nitrogens with zero attached hydrogens (tertiary/aromatic N) is 1. The molecule has 1 rings (SSSR count). The van der Waals surface area contributed by atoms with Gasteiger partial charge in [-0.1, -0.05) is 0 Å². The molecule has 20 heavy (non-hydrogen) atoms. The molecule has 0 aliphatic rings. The molecular weight excluding hydrogens is 264 g/mol. The minimum atomic E-state index is -1.10. The van der Waals surface area contributed by atoms with Gasteiger partial charge < -0.3 is 25.2 Å². The van der Waals surface area contributed by atoms with Gasteiger partial charge in [-0.3, -0.25) is 0 Å². The van der Waals surface area contributed by atoms with E-state index in [0.717, 1.165) is 0 Å². The largest absolute Gasteiger partial charge is 0.496 e. The number of carbonyl (C=O) groups is 2. The lowest BCUT2D eigenvalue weighted by Gasteiger charge is -2.20. The summed E-state index contributed by atoms with van der Waals surface area (Å²) in [5.41, 5.74) is 0.446. The molecule has 0 atom stereocenters. The van der Waals surface area contributed by atoms with Crippen LogP contribution in [-0.4, -0.2) is 53.9 Å². The van der Waals surface area contributed by atoms with E-state index in [0.29, 0.717) is 12.2 Å². The van der Waals surface area contributed by atoms with Gasteiger partial charge in [-0.05, 0) is 19.1 Å². The van der Waals surface area contributed by atoms with Gasteiger partial charge in [-0.25, -0.2) is 9.59 Å². The number of urea groups is 1. The molecule has 0 heterocycles. The molecule has 1 aromatic rings. The summed E-state index contributed by atoms with van der Waals surface area (Å²) in [7, 11) is 1.36. The van der Waals surface area contributed by atoms with E-state index in [-0.39, 0.29) is 30.5 Å². The molecule has 0 fully saturated rings. The Morgan fingerprint density at radius 2 is 2.10 bits per heavy atom. The average molecular weight is 282 g/mol. The number of carboxylic acids is 1. The Bertz CT molecular complexity index is 490. The van der Waals surface area contributed by atoms with E-state index in [4.69, 9.17) is 14.9 Å². The predicted octanol–water partition coefficient (Wildman–Crippen LogP) is 1.24. The second kappa shape index (κ2) is 7.34. The third kappa shape index (κ3) is 3.86. The quantitative estimate of drug-likeness (QED) is 0.729. The summed E-state index contributed by atoms with van der Waals surface area (Å²) in [6.45, 7) is 2.36. The molecule has 0 saturated carbocycles. The van der Waals surface area contributed by atoms with Crippen molar-refractivity contribution in [1.29, 1.82) is 0 Å². The van der Waals surface area contributed by atoms with E-state index in [1.165, 1.54) is 30.2 Å². The van der Waals surface area contributed by atoms with E-state index in [9.17, 15) is 9.59 Å². The van der Waals surface area contributed by atoms with Crippen molar-refractivity contribution in [3.8, 4) is 5.75 Å². The molecule has 3 N–H and O–H groups in total. The summed E-state index contributed by atoms with van der Waals surface area (Å²) in [4.78, 5) is 24.3. The second-order valence-electron chi connectivity index (χ2n) is 3.95. The molecule has 110 valence electrons. The third-order valence-electron chi connectivity index (χ3n) is 2.72. The highest BCUT2D eigenvalue weighted by atomic mass is 16.5. The Hall–Kier alpha value is -2.28. The fourth-order valence-electron chi connectivity index (χ4n) is 1.67. The molecule has 0 aromatic heterocycles. The number of aliphatic hydroxyl groups is 1. The Morgan fingerprint density at radius 1 is 1.40 bits per heavy atom. The molecule has 0 aliphatic carbocycles. The minimum Gasteiger partial charge on any atom is -0.496 e. The summed E-state index contributed by atoms with van der Waals surface area (Å²) < 4.78 is 4.98. The van der Waals surface area contributed by atoms with Crippen molar-refractivity contribution in [3.63, 3.8) is 0 Å². The number of rotatable bonds is 6. The maximum absolute atomic E-state index is 11.9. The van der Waals surface area contributed by atoms with Crippen molar-refractivity contribution in [1.82, 2.24) is 4.90 Å². The van der Waals surface area contributed by atoms with Crippen LogP contribution in [-0.2, 0) is 0 Å². The van der Waals surface area contributed by atoms with Crippen LogP contribution in [0.25, 0.3) is 0 Å². The number of likely N-dealkylation sites (N-methyl/N-ethyl adjacent to an activating group) is 1. The van der Waals surface area contributed by atoms with Crippen LogP contribution in [0.15, 0.2) is 18.2 Å². The Kier molecular flexibility index (Phi) is 5.79. The maximum atomic E-state index is 11.9. The number of anilines is 1. The summed E-state index contributed by atoms with van der Waals surface area (Å²) in [5, 5.41) is 20.4. The van der Waals surface area contributed by atoms with Gasteiger partial charge in [0.1, 0.15) is 11.3 Å². The number of carbonyl (C=O) groups excluding carboxylic acids is 1. The fourth-order valence-corrected chi connectivity index (χ4v) is 1.67. The first-order valence-electron chi connectivity index (χ1n) is 6.11. The van der Waals surface area contributed by atoms with Gasteiger partial charge in [0.05, 0.1) is 13.7 Å². The normalized spacial score (nSPS) is 9.95. The molecule has 0 spiro atoms. The van der Waals surface area contributed by atoms with Crippen LogP contribution in [0.4, 0.5) is 10.5 Å². The zero-order valence-corrected chi connectivity index (χ0v) is 11.4. The molecule has 0 saturated heterocycles. The van der Waals surface area contributed by atoms with Crippen molar-refractivity contribution < 1.29 is 24.5 Å². The van der Waals surface area contributed by atoms with Crippen molar-refractivity contribution in [2.45, 2.75) is 6.92 Å². The van der Waals surface area contributed by atoms with Crippen LogP contribution in [0.1, 0.15) is 17.3 Å². The molecule has 7 heteroatoms. The lowest BCUT2D eigenvalue weighted by Crippen LogP contribution is -2.36. The summed E-state index contributed by atoms with van der Waals surface area (Å²) in [6, 6.07) is 3.91. The Morgan fingerprint density at radius 3 is 2.60 bits per heavy atom. The van der Waals surface area contributed by atoms with Crippen LogP contribution < -0.4 is 10.1 Å². The number of carboxylic acid groups (broad SMARTS) is 1. The zero-order chi connectivity index (χ0) is 15.1. The fraction of sp³-hybridized carbons (Fsp3) is 0.385. The molecule has 0 unspecified atom stereocenters. The van der Waals surface area contributed by atoms with Gasteiger partial charge in [0.25, 0.3) is 0 Å². The number of aromatic carboxylic acids is 1. The van der Waals surface area contributed by atoms with E-state index >= 15 is 0 Å². The topological polar surface area (TPSA) is 99.1 Å². The number of hydrogen-bond donors (Lipinski definition) is 3. The number of ether oxygens (including phenoxy) is 1. The molecule has 1 aromatic carbocycles. The first kappa shape index (κ1) is 15.8. The number of amides is 2. The number of hydrogen-bond acceptors (Lipinski definition) is 4. The van der Waals surface area contributed by atoms with E-state index in [1.807, 2.05) is 0 Å². The highest BCUT2D eigenvalue weighted by Gasteiger charge is 2.14. The lowest BCUT2D eigenvalue weighted by atomic mass is 10.2. The highest BCUT2D eigenvalue weighted by Crippen LogP contribution is 2.23. The second-order valence-corrected chi connectivity index (χ2v) is 3.95. The Balaban J connectivity index is 2.88. The Labute approximate surface area is 116 Å². The van der Waals surface area contributed by atoms with E-state index in [2.05, 4.69) is 5.32 Å². The van der Waals surface area contributed by atoms with E-state index in [1.54, 1.807) is 6.92 Å². The number of aliphatic hydroxyl groups excluding tert-OH is 1. The molecular formula is C13H18N2O5. The molecule has 2 amide bonds. The minimum absolute atomic E-state index is 0.0215. The standard InChI is InChI=1S/C13H18N2O5/c1-3-15(6-7-16)13(19)14-9-4-5-10(12(17)18)11(8-9)20-2/h4-5,8,16H,3,6-7H2,1-2H3,(H,14,19)(H,17,18). The average Bonchev–Trinajstić information content (AvgIpc) is 2.44. The number of nitrogens with one attached hydrogen (secondary N) is 1.